The summed E-state index contributed by atoms with van der Waals surface area (Å²) in [5.41, 5.74) is -1.79. The van der Waals surface area contributed by atoms with Crippen molar-refractivity contribution in [2.75, 3.05) is 0 Å². The van der Waals surface area contributed by atoms with Crippen molar-refractivity contribution >= 4 is 0 Å². The van der Waals surface area contributed by atoms with Gasteiger partial charge in [-0.05, 0) is 17.8 Å². The van der Waals surface area contributed by atoms with Crippen LogP contribution in [0.25, 0.3) is 0 Å². The summed E-state index contributed by atoms with van der Waals surface area (Å²) in [4.78, 5) is 0. The molecule has 0 amide bonds. The Morgan fingerprint density at radius 3 is 1.25 bits per heavy atom. The predicted octanol–water partition coefficient (Wildman–Crippen LogP) is -0.383. The van der Waals surface area contributed by atoms with Crippen LogP contribution in [-0.2, 0) is 0 Å². The fourth-order valence-corrected chi connectivity index (χ4v) is 0.125. The maximum Gasteiger partial charge on any atom is 0.250 e. The lowest BCUT2D eigenvalue weighted by Crippen LogP contribution is -2.19. The first-order valence-electron chi connectivity index (χ1n) is 1.84. The number of rotatable bonds is 0. The summed E-state index contributed by atoms with van der Waals surface area (Å²) in [5.74, 6) is 5.58. The highest BCUT2D eigenvalue weighted by molar-refractivity contribution is 5.36. The molecule has 0 unspecified atom stereocenters. The lowest BCUT2D eigenvalue weighted by atomic mass is 10.1. The topological polar surface area (TPSA) is 20.2 Å². The fraction of sp³-hybridized carbons (Fsp3) is 0.143. The van der Waals surface area contributed by atoms with E-state index in [9.17, 15) is 0 Å². The van der Waals surface area contributed by atoms with Gasteiger partial charge in [0.25, 0.3) is 5.60 Å². The van der Waals surface area contributed by atoms with Crippen molar-refractivity contribution in [3.8, 4) is 37.0 Å². The third-order valence-electron chi connectivity index (χ3n) is 0.627. The molecule has 0 atom stereocenters. The van der Waals surface area contributed by atoms with Gasteiger partial charge >= 0.3 is 0 Å². The molecule has 0 aliphatic carbocycles. The van der Waals surface area contributed by atoms with Crippen LogP contribution in [0.1, 0.15) is 0 Å². The van der Waals surface area contributed by atoms with Crippen molar-refractivity contribution in [1.82, 2.24) is 0 Å². The Bertz CT molecular complexity index is 158. The molecule has 8 heavy (non-hydrogen) atoms. The summed E-state index contributed by atoms with van der Waals surface area (Å²) >= 11 is 0. The largest absolute Gasteiger partial charge is 0.357 e. The lowest BCUT2D eigenvalue weighted by Gasteiger charge is -2.02. The quantitative estimate of drug-likeness (QED) is 0.415. The van der Waals surface area contributed by atoms with Crippen molar-refractivity contribution in [1.29, 1.82) is 0 Å². The molecule has 38 valence electrons. The van der Waals surface area contributed by atoms with Crippen LogP contribution in [0.2, 0.25) is 0 Å². The fourth-order valence-electron chi connectivity index (χ4n) is 0.125. The molecule has 0 bridgehead atoms. The molecule has 0 rings (SSSR count). The van der Waals surface area contributed by atoms with E-state index in [1.54, 1.807) is 0 Å². The third kappa shape index (κ3) is 1.05. The average Bonchev–Trinajstić information content (AvgIpc) is 1.87. The molecule has 0 aliphatic rings. The molecular weight excluding hydrogens is 100 g/mol. The maximum absolute atomic E-state index is 8.73. The molecule has 1 N–H and O–H groups in total. The minimum absolute atomic E-state index is 1.79. The molecule has 1 heteroatoms. The Kier molecular flexibility index (Phi) is 1.73. The van der Waals surface area contributed by atoms with Gasteiger partial charge in [-0.25, -0.2) is 0 Å². The molecule has 0 saturated heterocycles. The Morgan fingerprint density at radius 1 is 1.00 bits per heavy atom. The standard InChI is InChI=1S/C7H4O/c1-4-7(8,5-2)6-3/h1-3,8H. The predicted molar refractivity (Wildman–Crippen MR) is 31.4 cm³/mol. The van der Waals surface area contributed by atoms with Crippen LogP contribution in [0.3, 0.4) is 0 Å². The van der Waals surface area contributed by atoms with Crippen LogP contribution in [0, 0.1) is 37.0 Å². The molecule has 1 nitrogen and oxygen atoms in total. The van der Waals surface area contributed by atoms with Crippen molar-refractivity contribution in [2.45, 2.75) is 5.60 Å². The van der Waals surface area contributed by atoms with Crippen molar-refractivity contribution in [3.05, 3.63) is 0 Å². The Balaban J connectivity index is 4.42. The second-order valence-corrected chi connectivity index (χ2v) is 1.14. The summed E-state index contributed by atoms with van der Waals surface area (Å²) in [6, 6.07) is 0. The molecule has 0 heterocycles. The van der Waals surface area contributed by atoms with Gasteiger partial charge in [0.2, 0.25) is 0 Å². The molecule has 0 saturated carbocycles. The van der Waals surface area contributed by atoms with Crippen LogP contribution < -0.4 is 0 Å². The molecular formula is C7H4O. The average molecular weight is 104 g/mol. The van der Waals surface area contributed by atoms with E-state index < -0.39 is 5.60 Å². The van der Waals surface area contributed by atoms with E-state index in [0.717, 1.165) is 0 Å². The van der Waals surface area contributed by atoms with E-state index in [1.165, 1.54) is 0 Å². The molecule has 0 radical (unpaired) electrons. The highest BCUT2D eigenvalue weighted by Crippen LogP contribution is 1.94. The van der Waals surface area contributed by atoms with E-state index >= 15 is 0 Å². The summed E-state index contributed by atoms with van der Waals surface area (Å²) in [6.07, 6.45) is 14.2. The Labute approximate surface area is 48.7 Å². The molecule has 0 fully saturated rings. The third-order valence-corrected chi connectivity index (χ3v) is 0.627. The highest BCUT2D eigenvalue weighted by atomic mass is 16.3. The second kappa shape index (κ2) is 2.08. The van der Waals surface area contributed by atoms with Crippen molar-refractivity contribution in [3.63, 3.8) is 0 Å². The second-order valence-electron chi connectivity index (χ2n) is 1.14. The van der Waals surface area contributed by atoms with Gasteiger partial charge in [-0.3, -0.25) is 0 Å². The van der Waals surface area contributed by atoms with E-state index in [4.69, 9.17) is 24.4 Å². The number of hydrogen-bond acceptors (Lipinski definition) is 1. The van der Waals surface area contributed by atoms with E-state index in [2.05, 4.69) is 0 Å². The number of aliphatic hydroxyl groups is 1. The van der Waals surface area contributed by atoms with E-state index in [-0.39, 0.29) is 0 Å². The van der Waals surface area contributed by atoms with Crippen LogP contribution in [-0.4, -0.2) is 10.7 Å². The minimum atomic E-state index is -1.79. The molecule has 0 aliphatic heterocycles. The minimum Gasteiger partial charge on any atom is -0.357 e. The number of hydrogen-bond donors (Lipinski definition) is 1. The van der Waals surface area contributed by atoms with Crippen LogP contribution in [0.5, 0.6) is 0 Å². The summed E-state index contributed by atoms with van der Waals surface area (Å²) in [6.45, 7) is 0. The molecule has 0 aromatic heterocycles. The Morgan fingerprint density at radius 2 is 1.25 bits per heavy atom. The summed E-state index contributed by atoms with van der Waals surface area (Å²) in [7, 11) is 0. The van der Waals surface area contributed by atoms with Gasteiger partial charge in [0.05, 0.1) is 0 Å². The first-order valence-corrected chi connectivity index (χ1v) is 1.84. The summed E-state index contributed by atoms with van der Waals surface area (Å²) < 4.78 is 0. The zero-order valence-corrected chi connectivity index (χ0v) is 4.18. The normalized spacial score (nSPS) is 8.25. The first-order chi connectivity index (χ1) is 3.68. The molecule has 0 aromatic carbocycles. The zero-order chi connectivity index (χ0) is 6.62. The van der Waals surface area contributed by atoms with Gasteiger partial charge in [0.15, 0.2) is 0 Å². The van der Waals surface area contributed by atoms with Gasteiger partial charge in [0.1, 0.15) is 0 Å². The van der Waals surface area contributed by atoms with Crippen LogP contribution in [0.15, 0.2) is 0 Å². The van der Waals surface area contributed by atoms with Gasteiger partial charge in [-0.15, -0.1) is 19.3 Å². The van der Waals surface area contributed by atoms with Crippen molar-refractivity contribution < 1.29 is 5.11 Å². The first kappa shape index (κ1) is 6.64. The van der Waals surface area contributed by atoms with E-state index in [0.29, 0.717) is 0 Å². The smallest absolute Gasteiger partial charge is 0.250 e. The van der Waals surface area contributed by atoms with Gasteiger partial charge < -0.3 is 5.11 Å². The zero-order valence-electron chi connectivity index (χ0n) is 4.18. The van der Waals surface area contributed by atoms with Gasteiger partial charge in [-0.2, -0.15) is 0 Å². The van der Waals surface area contributed by atoms with Gasteiger partial charge in [0, 0.05) is 0 Å². The van der Waals surface area contributed by atoms with Crippen LogP contribution in [0.4, 0.5) is 0 Å². The molecule has 0 aromatic rings. The molecule has 0 spiro atoms. The monoisotopic (exact) mass is 104 g/mol. The summed E-state index contributed by atoms with van der Waals surface area (Å²) in [5, 5.41) is 8.73. The van der Waals surface area contributed by atoms with Gasteiger partial charge in [-0.1, -0.05) is 0 Å². The van der Waals surface area contributed by atoms with Crippen LogP contribution >= 0.6 is 0 Å². The van der Waals surface area contributed by atoms with Crippen molar-refractivity contribution in [2.24, 2.45) is 0 Å². The lowest BCUT2D eigenvalue weighted by molar-refractivity contribution is 0.225. The van der Waals surface area contributed by atoms with E-state index in [1.807, 2.05) is 17.8 Å². The number of terminal acetylenes is 3. The highest BCUT2D eigenvalue weighted by Gasteiger charge is 2.13. The Hall–Kier alpha value is -1.36. The maximum atomic E-state index is 8.73. The SMILES string of the molecule is C#CC(O)(C#C)C#C.